The maximum Gasteiger partial charge on any atom is 0.494 e. The molecule has 4 N–H and O–H groups in total. The van der Waals surface area contributed by atoms with Gasteiger partial charge in [0.25, 0.3) is 0 Å². The third kappa shape index (κ3) is 9.86. The van der Waals surface area contributed by atoms with E-state index in [-0.39, 0.29) is 18.3 Å². The lowest BCUT2D eigenvalue weighted by atomic mass is 9.79. The van der Waals surface area contributed by atoms with E-state index < -0.39 is 23.4 Å². The molecule has 0 radical (unpaired) electrons. The third-order valence-electron chi connectivity index (χ3n) is 4.69. The molecule has 0 spiro atoms. The summed E-state index contributed by atoms with van der Waals surface area (Å²) in [6.07, 6.45) is -1.45. The van der Waals surface area contributed by atoms with Crippen LogP contribution in [0, 0.1) is 0 Å². The molecule has 0 unspecified atom stereocenters. The fourth-order valence-electron chi connectivity index (χ4n) is 2.60. The van der Waals surface area contributed by atoms with Gasteiger partial charge >= 0.3 is 19.3 Å². The van der Waals surface area contributed by atoms with Crippen molar-refractivity contribution < 1.29 is 28.4 Å². The predicted octanol–water partition coefficient (Wildman–Crippen LogP) is 4.36. The molecule has 1 saturated heterocycles. The first-order valence-corrected chi connectivity index (χ1v) is 11.8. The zero-order valence-corrected chi connectivity index (χ0v) is 22.7. The Kier molecular flexibility index (Phi) is 9.53. The Balaban J connectivity index is 0.000000304. The lowest BCUT2D eigenvalue weighted by Gasteiger charge is -2.32. The average molecular weight is 495 g/mol. The Morgan fingerprint density at radius 3 is 1.71 bits per heavy atom. The van der Waals surface area contributed by atoms with Crippen molar-refractivity contribution in [2.75, 3.05) is 0 Å². The Labute approximate surface area is 206 Å². The molecule has 11 heteroatoms. The first-order valence-electron chi connectivity index (χ1n) is 10.9. The van der Waals surface area contributed by atoms with Crippen LogP contribution in [0.4, 0.5) is 9.59 Å². The largest absolute Gasteiger partial charge is 0.494 e. The number of nitrogens with zero attached hydrogens (tertiary/aromatic N) is 1. The van der Waals surface area contributed by atoms with E-state index in [1.165, 1.54) is 4.70 Å². The van der Waals surface area contributed by atoms with Crippen molar-refractivity contribution in [3.8, 4) is 0 Å². The second-order valence-corrected chi connectivity index (χ2v) is 11.6. The van der Waals surface area contributed by atoms with Crippen molar-refractivity contribution in [2.45, 2.75) is 91.6 Å². The number of ether oxygens (including phenoxy) is 2. The molecule has 190 valence electrons. The molecule has 1 aromatic heterocycles. The first-order chi connectivity index (χ1) is 15.2. The molecule has 0 aliphatic carbocycles. The van der Waals surface area contributed by atoms with E-state index in [2.05, 4.69) is 54.3 Å². The molecule has 0 saturated carbocycles. The molecule has 1 fully saturated rings. The van der Waals surface area contributed by atoms with Gasteiger partial charge in [-0.3, -0.25) is 0 Å². The van der Waals surface area contributed by atoms with Crippen LogP contribution in [0.3, 0.4) is 0 Å². The summed E-state index contributed by atoms with van der Waals surface area (Å²) in [5.41, 5.74) is 11.8. The molecule has 0 bridgehead atoms. The van der Waals surface area contributed by atoms with E-state index in [9.17, 15) is 9.59 Å². The van der Waals surface area contributed by atoms with E-state index in [1.54, 1.807) is 52.9 Å². The summed E-state index contributed by atoms with van der Waals surface area (Å²) < 4.78 is 22.4. The number of rotatable bonds is 1. The SMILES string of the molecule is CC(C)(C)OC(N)=O.CC(C)(C)OC(N)=O.CC1(C)OB(c2ccc3scnc3c2)OC1(C)C. The van der Waals surface area contributed by atoms with Crippen LogP contribution < -0.4 is 16.9 Å². The molecule has 0 atom stereocenters. The first kappa shape index (κ1) is 29.7. The van der Waals surface area contributed by atoms with Gasteiger partial charge in [-0.15, -0.1) is 11.3 Å². The second-order valence-electron chi connectivity index (χ2n) is 10.7. The number of primary amides is 2. The molecule has 9 nitrogen and oxygen atoms in total. The van der Waals surface area contributed by atoms with Crippen molar-refractivity contribution in [2.24, 2.45) is 11.5 Å². The maximum atomic E-state index is 10.0. The molecular formula is C23H38BN3O6S. The smallest absolute Gasteiger partial charge is 0.444 e. The summed E-state index contributed by atoms with van der Waals surface area (Å²) in [6, 6.07) is 6.18. The third-order valence-corrected chi connectivity index (χ3v) is 5.50. The standard InChI is InChI=1S/C13H16BNO2S.2C5H11NO2/c1-12(2)13(3,4)17-14(16-12)9-5-6-11-10(7-9)15-8-18-11;2*1-5(2,3)8-4(6)7/h5-8H,1-4H3;2*1-3H3,(H2,6,7). The normalized spacial score (nSPS) is 16.6. The van der Waals surface area contributed by atoms with E-state index >= 15 is 0 Å². The maximum absolute atomic E-state index is 10.0. The van der Waals surface area contributed by atoms with Crippen molar-refractivity contribution >= 4 is 46.3 Å². The number of fused-ring (bicyclic) bond motifs is 1. The number of hydrogen-bond acceptors (Lipinski definition) is 8. The van der Waals surface area contributed by atoms with E-state index in [4.69, 9.17) is 20.8 Å². The summed E-state index contributed by atoms with van der Waals surface area (Å²) in [5, 5.41) is 0. The molecule has 3 rings (SSSR count). The highest BCUT2D eigenvalue weighted by Gasteiger charge is 2.51. The number of amides is 2. The van der Waals surface area contributed by atoms with Crippen LogP contribution in [0.5, 0.6) is 0 Å². The van der Waals surface area contributed by atoms with Crippen molar-refractivity contribution in [1.29, 1.82) is 0 Å². The zero-order valence-electron chi connectivity index (χ0n) is 21.8. The van der Waals surface area contributed by atoms with Crippen LogP contribution >= 0.6 is 11.3 Å². The van der Waals surface area contributed by atoms with Gasteiger partial charge in [-0.1, -0.05) is 6.07 Å². The van der Waals surface area contributed by atoms with Crippen molar-refractivity contribution in [3.63, 3.8) is 0 Å². The molecule has 1 aliphatic rings. The highest BCUT2D eigenvalue weighted by atomic mass is 32.1. The fourth-order valence-corrected chi connectivity index (χ4v) is 3.26. The van der Waals surface area contributed by atoms with Gasteiger partial charge in [-0.2, -0.15) is 0 Å². The van der Waals surface area contributed by atoms with Crippen molar-refractivity contribution in [1.82, 2.24) is 4.98 Å². The molecule has 1 aromatic carbocycles. The lowest BCUT2D eigenvalue weighted by molar-refractivity contribution is 0.00578. The van der Waals surface area contributed by atoms with Gasteiger partial charge in [0.15, 0.2) is 0 Å². The zero-order chi connectivity index (χ0) is 26.5. The topological polar surface area (TPSA) is 136 Å². The highest BCUT2D eigenvalue weighted by molar-refractivity contribution is 7.16. The van der Waals surface area contributed by atoms with Crippen LogP contribution in [0.2, 0.25) is 0 Å². The molecule has 1 aliphatic heterocycles. The van der Waals surface area contributed by atoms with E-state index in [0.29, 0.717) is 0 Å². The number of carbonyl (C=O) groups excluding carboxylic acids is 2. The fraction of sp³-hybridized carbons (Fsp3) is 0.609. The summed E-state index contributed by atoms with van der Waals surface area (Å²) in [4.78, 5) is 24.4. The van der Waals surface area contributed by atoms with Gasteiger partial charge in [-0.05, 0) is 86.8 Å². The Bertz CT molecular complexity index is 937. The average Bonchev–Trinajstić information content (AvgIpc) is 3.12. The molecule has 34 heavy (non-hydrogen) atoms. The van der Waals surface area contributed by atoms with Gasteiger partial charge in [0.05, 0.1) is 26.9 Å². The predicted molar refractivity (Wildman–Crippen MR) is 136 cm³/mol. The lowest BCUT2D eigenvalue weighted by Crippen LogP contribution is -2.41. The summed E-state index contributed by atoms with van der Waals surface area (Å²) in [7, 11) is -0.305. The minimum Gasteiger partial charge on any atom is -0.444 e. The Hall–Kier alpha value is -2.37. The minimum absolute atomic E-state index is 0.297. The summed E-state index contributed by atoms with van der Waals surface area (Å²) in [5.74, 6) is 0. The van der Waals surface area contributed by atoms with Gasteiger partial charge < -0.3 is 30.2 Å². The van der Waals surface area contributed by atoms with E-state index in [0.717, 1.165) is 11.0 Å². The number of carbonyl (C=O) groups is 2. The highest BCUT2D eigenvalue weighted by Crippen LogP contribution is 2.36. The van der Waals surface area contributed by atoms with Crippen LogP contribution in [0.15, 0.2) is 23.7 Å². The summed E-state index contributed by atoms with van der Waals surface area (Å²) in [6.45, 7) is 18.8. The van der Waals surface area contributed by atoms with Gasteiger partial charge in [0.1, 0.15) is 11.2 Å². The van der Waals surface area contributed by atoms with Crippen LogP contribution in [0.1, 0.15) is 69.2 Å². The van der Waals surface area contributed by atoms with Gasteiger partial charge in [0, 0.05) is 0 Å². The Morgan fingerprint density at radius 2 is 1.35 bits per heavy atom. The number of nitrogens with two attached hydrogens (primary N) is 2. The Morgan fingerprint density at radius 1 is 0.912 bits per heavy atom. The molecule has 2 heterocycles. The molecule has 2 amide bonds. The number of hydrogen-bond donors (Lipinski definition) is 2. The minimum atomic E-state index is -0.725. The van der Waals surface area contributed by atoms with Crippen LogP contribution in [-0.4, -0.2) is 46.7 Å². The molecular weight excluding hydrogens is 457 g/mol. The number of thiazole rings is 1. The monoisotopic (exact) mass is 495 g/mol. The van der Waals surface area contributed by atoms with Crippen molar-refractivity contribution in [3.05, 3.63) is 23.7 Å². The molecule has 2 aromatic rings. The quantitative estimate of drug-likeness (QED) is 0.561. The van der Waals surface area contributed by atoms with E-state index in [1.807, 2.05) is 11.6 Å². The number of aromatic nitrogens is 1. The van der Waals surface area contributed by atoms with Gasteiger partial charge in [0.2, 0.25) is 0 Å². The van der Waals surface area contributed by atoms with Crippen LogP contribution in [-0.2, 0) is 18.8 Å². The summed E-state index contributed by atoms with van der Waals surface area (Å²) >= 11 is 1.65. The second kappa shape index (κ2) is 10.9. The van der Waals surface area contributed by atoms with Gasteiger partial charge in [-0.25, -0.2) is 14.6 Å². The number of benzene rings is 1. The van der Waals surface area contributed by atoms with Crippen LogP contribution in [0.25, 0.3) is 10.2 Å².